The Bertz CT molecular complexity index is 1590. The van der Waals surface area contributed by atoms with E-state index in [1.165, 1.54) is 23.2 Å². The summed E-state index contributed by atoms with van der Waals surface area (Å²) in [6.45, 7) is 10.5. The summed E-state index contributed by atoms with van der Waals surface area (Å²) in [6.07, 6.45) is 7.64. The molecule has 3 fully saturated rings. The van der Waals surface area contributed by atoms with Crippen molar-refractivity contribution >= 4 is 28.6 Å². The minimum Gasteiger partial charge on any atom is -0.444 e. The van der Waals surface area contributed by atoms with Crippen LogP contribution in [0.1, 0.15) is 88.6 Å². The maximum Gasteiger partial charge on any atom is 0.410 e. The first-order valence-electron chi connectivity index (χ1n) is 15.7. The van der Waals surface area contributed by atoms with Gasteiger partial charge in [-0.1, -0.05) is 49.1 Å². The quantitative estimate of drug-likeness (QED) is 0.343. The van der Waals surface area contributed by atoms with Crippen LogP contribution in [0.2, 0.25) is 5.02 Å². The lowest BCUT2D eigenvalue weighted by Gasteiger charge is -2.43. The molecule has 7 rings (SSSR count). The maximum atomic E-state index is 13.3. The zero-order chi connectivity index (χ0) is 29.2. The number of ether oxygens (including phenoxy) is 1. The lowest BCUT2D eigenvalue weighted by molar-refractivity contribution is -0.00750. The number of fused-ring (bicyclic) bond motifs is 7. The minimum atomic E-state index is -0.450. The van der Waals surface area contributed by atoms with Crippen LogP contribution in [0.4, 0.5) is 4.79 Å². The number of piperidine rings is 1. The Labute approximate surface area is 252 Å². The van der Waals surface area contributed by atoms with Gasteiger partial charge in [-0.15, -0.1) is 0 Å². The Hall–Kier alpha value is -2.90. The van der Waals surface area contributed by atoms with Crippen LogP contribution in [0, 0.1) is 5.92 Å². The molecule has 8 heteroatoms. The molecular formula is C34H41ClN4O3. The van der Waals surface area contributed by atoms with E-state index in [2.05, 4.69) is 27.7 Å². The highest BCUT2D eigenvalue weighted by atomic mass is 35.5. The average molecular weight is 589 g/mol. The third-order valence-electron chi connectivity index (χ3n) is 9.96. The van der Waals surface area contributed by atoms with E-state index in [0.29, 0.717) is 22.2 Å². The number of aromatic nitrogens is 2. The van der Waals surface area contributed by atoms with E-state index >= 15 is 0 Å². The predicted molar refractivity (Wildman–Crippen MR) is 166 cm³/mol. The summed E-state index contributed by atoms with van der Waals surface area (Å²) in [5.41, 5.74) is 3.89. The molecule has 2 aromatic carbocycles. The molecule has 4 aliphatic rings. The van der Waals surface area contributed by atoms with Gasteiger partial charge in [-0.25, -0.2) is 4.79 Å². The molecule has 1 saturated carbocycles. The number of halogens is 1. The first-order valence-corrected chi connectivity index (χ1v) is 16.1. The third kappa shape index (κ3) is 4.73. The summed E-state index contributed by atoms with van der Waals surface area (Å²) in [6, 6.07) is 12.8. The molecule has 0 atom stereocenters. The third-order valence-corrected chi connectivity index (χ3v) is 10.3. The normalized spacial score (nSPS) is 20.9. The zero-order valence-corrected chi connectivity index (χ0v) is 25.8. The van der Waals surface area contributed by atoms with Crippen LogP contribution in [-0.4, -0.2) is 63.8 Å². The molecule has 222 valence electrons. The van der Waals surface area contributed by atoms with Gasteiger partial charge < -0.3 is 14.5 Å². The van der Waals surface area contributed by atoms with E-state index < -0.39 is 5.60 Å². The smallest absolute Gasteiger partial charge is 0.410 e. The van der Waals surface area contributed by atoms with Crippen molar-refractivity contribution in [2.24, 2.45) is 5.92 Å². The van der Waals surface area contributed by atoms with Gasteiger partial charge in [0.2, 0.25) is 0 Å². The van der Waals surface area contributed by atoms with Crippen molar-refractivity contribution in [2.45, 2.75) is 82.7 Å². The molecule has 42 heavy (non-hydrogen) atoms. The van der Waals surface area contributed by atoms with E-state index in [1.54, 1.807) is 6.07 Å². The van der Waals surface area contributed by atoms with Gasteiger partial charge in [0.25, 0.3) is 5.56 Å². The Balaban J connectivity index is 1.10. The first kappa shape index (κ1) is 27.9. The number of amides is 1. The van der Waals surface area contributed by atoms with Crippen molar-refractivity contribution in [2.75, 3.05) is 32.7 Å². The molecule has 3 aromatic rings. The lowest BCUT2D eigenvalue weighted by Crippen LogP contribution is -2.55. The number of rotatable bonds is 3. The highest BCUT2D eigenvalue weighted by molar-refractivity contribution is 6.35. The summed E-state index contributed by atoms with van der Waals surface area (Å²) in [5, 5.41) is 0.984. The molecule has 1 amide bonds. The number of carbonyl (C=O) groups is 1. The number of nitrogens with zero attached hydrogens (tertiary/aromatic N) is 4. The fraction of sp³-hybridized carbons (Fsp3) is 0.559. The van der Waals surface area contributed by atoms with Crippen LogP contribution in [0.15, 0.2) is 41.2 Å². The largest absolute Gasteiger partial charge is 0.444 e. The van der Waals surface area contributed by atoms with Crippen molar-refractivity contribution in [3.63, 3.8) is 0 Å². The Morgan fingerprint density at radius 3 is 2.52 bits per heavy atom. The van der Waals surface area contributed by atoms with E-state index in [9.17, 15) is 9.59 Å². The van der Waals surface area contributed by atoms with Crippen LogP contribution >= 0.6 is 11.6 Å². The lowest BCUT2D eigenvalue weighted by atomic mass is 9.69. The summed E-state index contributed by atoms with van der Waals surface area (Å²) in [5.74, 6) is 1.93. The van der Waals surface area contributed by atoms with Gasteiger partial charge in [0, 0.05) is 25.6 Å². The average Bonchev–Trinajstić information content (AvgIpc) is 3.18. The van der Waals surface area contributed by atoms with Gasteiger partial charge in [-0.05, 0) is 94.8 Å². The van der Waals surface area contributed by atoms with E-state index in [-0.39, 0.29) is 17.1 Å². The molecule has 4 heterocycles. The van der Waals surface area contributed by atoms with Gasteiger partial charge in [-0.2, -0.15) is 4.98 Å². The second-order valence-corrected chi connectivity index (χ2v) is 14.4. The van der Waals surface area contributed by atoms with Crippen LogP contribution in [0.3, 0.4) is 0 Å². The monoisotopic (exact) mass is 588 g/mol. The molecule has 0 radical (unpaired) electrons. The fourth-order valence-electron chi connectivity index (χ4n) is 7.93. The summed E-state index contributed by atoms with van der Waals surface area (Å²) in [7, 11) is 0. The number of hydrogen-bond acceptors (Lipinski definition) is 5. The summed E-state index contributed by atoms with van der Waals surface area (Å²) < 4.78 is 7.77. The Morgan fingerprint density at radius 2 is 1.81 bits per heavy atom. The highest BCUT2D eigenvalue weighted by Gasteiger charge is 2.46. The molecular weight excluding hydrogens is 548 g/mol. The molecule has 0 unspecified atom stereocenters. The second-order valence-electron chi connectivity index (χ2n) is 14.0. The SMILES string of the molecule is CC(C)(C)OC(=O)N1CC(CN2CCC(c3ccc4c(c3)-n3c(nc(=O)c5c(Cl)cccc53)C43CCCCC3)CC2)C1. The number of benzene rings is 2. The molecule has 1 spiro atoms. The van der Waals surface area contributed by atoms with Crippen LogP contribution in [0.25, 0.3) is 16.6 Å². The molecule has 0 bridgehead atoms. The van der Waals surface area contributed by atoms with Crippen LogP contribution in [0.5, 0.6) is 0 Å². The van der Waals surface area contributed by atoms with E-state index in [4.69, 9.17) is 21.3 Å². The molecule has 2 saturated heterocycles. The zero-order valence-electron chi connectivity index (χ0n) is 25.0. The Kier molecular flexibility index (Phi) is 6.89. The molecule has 1 aliphatic carbocycles. The van der Waals surface area contributed by atoms with Gasteiger partial charge in [-0.3, -0.25) is 9.36 Å². The molecule has 7 nitrogen and oxygen atoms in total. The van der Waals surface area contributed by atoms with Gasteiger partial charge in [0.05, 0.1) is 27.0 Å². The molecule has 1 aromatic heterocycles. The standard InChI is InChI=1S/C34H41ClN4O3/c1-33(2,3)42-32(41)38-20-22(21-38)19-37-16-12-23(13-17-37)24-10-11-25-28(18-24)39-27-9-7-8-26(35)29(27)30(40)36-31(39)34(25)14-5-4-6-15-34/h7-11,18,22-23H,4-6,12-17,19-21H2,1-3H3. The molecule has 0 N–H and O–H groups in total. The van der Waals surface area contributed by atoms with Gasteiger partial charge in [0.15, 0.2) is 0 Å². The topological polar surface area (TPSA) is 67.7 Å². The number of carbonyl (C=O) groups excluding carboxylic acids is 1. The van der Waals surface area contributed by atoms with Crippen LogP contribution < -0.4 is 5.56 Å². The summed E-state index contributed by atoms with van der Waals surface area (Å²) in [4.78, 5) is 34.7. The number of likely N-dealkylation sites (tertiary alicyclic amines) is 2. The van der Waals surface area contributed by atoms with Gasteiger partial charge in [0.1, 0.15) is 11.4 Å². The van der Waals surface area contributed by atoms with Crippen molar-refractivity contribution in [3.8, 4) is 5.69 Å². The van der Waals surface area contributed by atoms with Crippen molar-refractivity contribution < 1.29 is 9.53 Å². The fourth-order valence-corrected chi connectivity index (χ4v) is 8.18. The van der Waals surface area contributed by atoms with Crippen molar-refractivity contribution in [3.05, 3.63) is 68.7 Å². The first-order chi connectivity index (χ1) is 20.1. The van der Waals surface area contributed by atoms with Crippen LogP contribution in [-0.2, 0) is 10.2 Å². The van der Waals surface area contributed by atoms with Gasteiger partial charge >= 0.3 is 6.09 Å². The minimum absolute atomic E-state index is 0.193. The highest BCUT2D eigenvalue weighted by Crippen LogP contribution is 2.52. The number of hydrogen-bond donors (Lipinski definition) is 0. The Morgan fingerprint density at radius 1 is 1.07 bits per heavy atom. The van der Waals surface area contributed by atoms with Crippen molar-refractivity contribution in [1.82, 2.24) is 19.4 Å². The molecule has 3 aliphatic heterocycles. The second kappa shape index (κ2) is 10.4. The van der Waals surface area contributed by atoms with E-state index in [1.807, 2.05) is 37.8 Å². The maximum absolute atomic E-state index is 13.3. The van der Waals surface area contributed by atoms with E-state index in [0.717, 1.165) is 82.6 Å². The van der Waals surface area contributed by atoms with Crippen molar-refractivity contribution in [1.29, 1.82) is 0 Å². The summed E-state index contributed by atoms with van der Waals surface area (Å²) >= 11 is 6.55. The predicted octanol–water partition coefficient (Wildman–Crippen LogP) is 6.65.